The van der Waals surface area contributed by atoms with Crippen molar-refractivity contribution in [3.63, 3.8) is 0 Å². The third-order valence-corrected chi connectivity index (χ3v) is 3.95. The Morgan fingerprint density at radius 1 is 0.903 bits per heavy atom. The zero-order valence-corrected chi connectivity index (χ0v) is 17.5. The summed E-state index contributed by atoms with van der Waals surface area (Å²) in [7, 11) is 1.56. The molecule has 0 aliphatic heterocycles. The number of methoxy groups -OCH3 is 1. The van der Waals surface area contributed by atoms with Crippen LogP contribution in [0.3, 0.4) is 0 Å². The number of aromatic nitrogens is 2. The molecule has 2 aromatic carbocycles. The van der Waals surface area contributed by atoms with E-state index < -0.39 is 6.36 Å². The van der Waals surface area contributed by atoms with Crippen molar-refractivity contribution in [1.29, 1.82) is 0 Å². The molecule has 9 heteroatoms. The summed E-state index contributed by atoms with van der Waals surface area (Å²) in [5, 5.41) is 6.38. The average Bonchev–Trinajstić information content (AvgIpc) is 2.66. The monoisotopic (exact) mass is 432 g/mol. The molecule has 3 aromatic rings. The zero-order chi connectivity index (χ0) is 22.6. The molecule has 0 unspecified atom stereocenters. The van der Waals surface area contributed by atoms with Crippen LogP contribution in [0.2, 0.25) is 0 Å². The molecular formula is C22H23F3N4O2. The lowest BCUT2D eigenvalue weighted by Crippen LogP contribution is -2.27. The van der Waals surface area contributed by atoms with Crippen molar-refractivity contribution in [3.8, 4) is 22.8 Å². The number of benzene rings is 2. The first-order valence-corrected chi connectivity index (χ1v) is 9.46. The minimum atomic E-state index is -4.78. The van der Waals surface area contributed by atoms with E-state index in [0.717, 1.165) is 0 Å². The number of halogens is 3. The molecule has 0 spiro atoms. The highest BCUT2D eigenvalue weighted by Crippen LogP contribution is 2.31. The fourth-order valence-electron chi connectivity index (χ4n) is 2.79. The normalized spacial score (nSPS) is 11.7. The van der Waals surface area contributed by atoms with Gasteiger partial charge in [0.2, 0.25) is 5.95 Å². The first-order chi connectivity index (χ1) is 14.5. The molecule has 2 N–H and O–H groups in total. The van der Waals surface area contributed by atoms with Gasteiger partial charge in [-0.15, -0.1) is 13.2 Å². The molecule has 0 fully saturated rings. The molecule has 0 atom stereocenters. The maximum atomic E-state index is 12.6. The van der Waals surface area contributed by atoms with Crippen LogP contribution in [0.25, 0.3) is 11.3 Å². The molecule has 1 aromatic heterocycles. The summed E-state index contributed by atoms with van der Waals surface area (Å²) in [4.78, 5) is 8.98. The van der Waals surface area contributed by atoms with Gasteiger partial charge in [-0.1, -0.05) is 24.3 Å². The molecular weight excluding hydrogens is 409 g/mol. The number of anilines is 3. The van der Waals surface area contributed by atoms with Gasteiger partial charge in [0, 0.05) is 17.2 Å². The van der Waals surface area contributed by atoms with E-state index in [1.54, 1.807) is 25.3 Å². The molecule has 0 saturated carbocycles. The van der Waals surface area contributed by atoms with Crippen LogP contribution in [0.4, 0.5) is 30.6 Å². The Morgan fingerprint density at radius 2 is 1.65 bits per heavy atom. The third kappa shape index (κ3) is 6.50. The number of nitrogens with zero attached hydrogens (tertiary/aromatic N) is 2. The van der Waals surface area contributed by atoms with Gasteiger partial charge in [0.25, 0.3) is 0 Å². The first kappa shape index (κ1) is 22.2. The van der Waals surface area contributed by atoms with Crippen molar-refractivity contribution >= 4 is 17.5 Å². The van der Waals surface area contributed by atoms with Gasteiger partial charge in [0.1, 0.15) is 17.3 Å². The van der Waals surface area contributed by atoms with Crippen LogP contribution in [-0.4, -0.2) is 29.0 Å². The van der Waals surface area contributed by atoms with E-state index in [2.05, 4.69) is 25.3 Å². The topological polar surface area (TPSA) is 68.3 Å². The molecule has 3 rings (SSSR count). The molecule has 0 aliphatic rings. The molecule has 0 bridgehead atoms. The molecule has 0 amide bonds. The minimum Gasteiger partial charge on any atom is -0.495 e. The Bertz CT molecular complexity index is 1050. The zero-order valence-electron chi connectivity index (χ0n) is 17.5. The van der Waals surface area contributed by atoms with Gasteiger partial charge in [0.05, 0.1) is 18.5 Å². The van der Waals surface area contributed by atoms with Crippen molar-refractivity contribution in [2.45, 2.75) is 32.7 Å². The van der Waals surface area contributed by atoms with Crippen molar-refractivity contribution in [2.24, 2.45) is 0 Å². The number of nitrogens with one attached hydrogen (secondary N) is 2. The molecule has 0 saturated heterocycles. The van der Waals surface area contributed by atoms with Crippen molar-refractivity contribution in [2.75, 3.05) is 17.7 Å². The second-order valence-corrected chi connectivity index (χ2v) is 7.74. The first-order valence-electron chi connectivity index (χ1n) is 9.46. The predicted octanol–water partition coefficient (Wildman–Crippen LogP) is 6.00. The number of ether oxygens (including phenoxy) is 2. The van der Waals surface area contributed by atoms with Crippen molar-refractivity contribution in [1.82, 2.24) is 9.97 Å². The lowest BCUT2D eigenvalue weighted by molar-refractivity contribution is -0.274. The number of hydrogen-bond donors (Lipinski definition) is 2. The number of alkyl halides is 3. The van der Waals surface area contributed by atoms with E-state index >= 15 is 0 Å². The van der Waals surface area contributed by atoms with E-state index in [4.69, 9.17) is 4.74 Å². The quantitative estimate of drug-likeness (QED) is 0.498. The molecule has 164 valence electrons. The lowest BCUT2D eigenvalue weighted by Gasteiger charge is -2.21. The smallest absolute Gasteiger partial charge is 0.495 e. The summed E-state index contributed by atoms with van der Waals surface area (Å²) in [5.41, 5.74) is 1.23. The second kappa shape index (κ2) is 8.71. The van der Waals surface area contributed by atoms with E-state index in [-0.39, 0.29) is 11.3 Å². The largest absolute Gasteiger partial charge is 0.573 e. The Hall–Kier alpha value is -3.49. The van der Waals surface area contributed by atoms with E-state index in [1.165, 1.54) is 18.2 Å². The summed E-state index contributed by atoms with van der Waals surface area (Å²) < 4.78 is 47.3. The van der Waals surface area contributed by atoms with Crippen LogP contribution in [0, 0.1) is 0 Å². The van der Waals surface area contributed by atoms with Gasteiger partial charge < -0.3 is 20.1 Å². The Balaban J connectivity index is 2.03. The standard InChI is InChI=1S/C22H23F3N4O2/c1-21(2,3)29-20-27-17(14-8-7-9-15(12-14)31-22(23,24)25)13-19(28-20)26-16-10-5-6-11-18(16)30-4/h5-13H,1-4H3,(H2,26,27,28,29). The summed E-state index contributed by atoms with van der Waals surface area (Å²) in [5.74, 6) is 1.06. The lowest BCUT2D eigenvalue weighted by atomic mass is 10.1. The number of rotatable bonds is 6. The Labute approximate surface area is 178 Å². The van der Waals surface area contributed by atoms with Gasteiger partial charge >= 0.3 is 6.36 Å². The maximum absolute atomic E-state index is 12.6. The average molecular weight is 432 g/mol. The van der Waals surface area contributed by atoms with Crippen molar-refractivity contribution < 1.29 is 22.6 Å². The summed E-state index contributed by atoms with van der Waals surface area (Å²) in [6.07, 6.45) is -4.78. The fraction of sp³-hybridized carbons (Fsp3) is 0.273. The summed E-state index contributed by atoms with van der Waals surface area (Å²) in [6, 6.07) is 14.6. The highest BCUT2D eigenvalue weighted by molar-refractivity contribution is 5.70. The van der Waals surface area contributed by atoms with Crippen LogP contribution in [-0.2, 0) is 0 Å². The SMILES string of the molecule is COc1ccccc1Nc1cc(-c2cccc(OC(F)(F)F)c2)nc(NC(C)(C)C)n1. The van der Waals surface area contributed by atoms with Gasteiger partial charge in [-0.05, 0) is 45.0 Å². The minimum absolute atomic E-state index is 0.324. The Kier molecular flexibility index (Phi) is 6.24. The highest BCUT2D eigenvalue weighted by atomic mass is 19.4. The second-order valence-electron chi connectivity index (χ2n) is 7.74. The highest BCUT2D eigenvalue weighted by Gasteiger charge is 2.31. The van der Waals surface area contributed by atoms with E-state index in [9.17, 15) is 13.2 Å². The summed E-state index contributed by atoms with van der Waals surface area (Å²) in [6.45, 7) is 5.86. The van der Waals surface area contributed by atoms with Crippen LogP contribution >= 0.6 is 0 Å². The third-order valence-electron chi connectivity index (χ3n) is 3.95. The molecule has 0 radical (unpaired) electrons. The predicted molar refractivity (Wildman–Crippen MR) is 114 cm³/mol. The summed E-state index contributed by atoms with van der Waals surface area (Å²) >= 11 is 0. The Morgan fingerprint density at radius 3 is 2.32 bits per heavy atom. The van der Waals surface area contributed by atoms with E-state index in [1.807, 2.05) is 39.0 Å². The van der Waals surface area contributed by atoms with Gasteiger partial charge in [-0.25, -0.2) is 4.98 Å². The van der Waals surface area contributed by atoms with Gasteiger partial charge in [-0.3, -0.25) is 0 Å². The van der Waals surface area contributed by atoms with Crippen LogP contribution in [0.15, 0.2) is 54.6 Å². The molecule has 1 heterocycles. The van der Waals surface area contributed by atoms with Crippen LogP contribution in [0.1, 0.15) is 20.8 Å². The number of para-hydroxylation sites is 2. The van der Waals surface area contributed by atoms with E-state index in [0.29, 0.717) is 34.5 Å². The molecule has 6 nitrogen and oxygen atoms in total. The molecule has 0 aliphatic carbocycles. The van der Waals surface area contributed by atoms with Gasteiger partial charge in [0.15, 0.2) is 0 Å². The maximum Gasteiger partial charge on any atom is 0.573 e. The van der Waals surface area contributed by atoms with Crippen LogP contribution in [0.5, 0.6) is 11.5 Å². The fourth-order valence-corrected chi connectivity index (χ4v) is 2.79. The van der Waals surface area contributed by atoms with Crippen LogP contribution < -0.4 is 20.1 Å². The molecule has 31 heavy (non-hydrogen) atoms. The number of hydrogen-bond acceptors (Lipinski definition) is 6. The van der Waals surface area contributed by atoms with Gasteiger partial charge in [-0.2, -0.15) is 4.98 Å². The van der Waals surface area contributed by atoms with Crippen molar-refractivity contribution in [3.05, 3.63) is 54.6 Å².